The molecule has 0 radical (unpaired) electrons. The first kappa shape index (κ1) is 19.3. The molecule has 0 aliphatic carbocycles. The summed E-state index contributed by atoms with van der Waals surface area (Å²) in [6.45, 7) is 3.89. The maximum absolute atomic E-state index is 13.0. The van der Waals surface area contributed by atoms with E-state index in [-0.39, 0.29) is 14.8 Å². The number of likely N-dealkylation sites (N-methyl/N-ethyl adjacent to an activating group) is 1. The minimum Gasteiger partial charge on any atom is -0.304 e. The van der Waals surface area contributed by atoms with E-state index in [1.54, 1.807) is 30.5 Å². The number of nitrogens with zero attached hydrogens (tertiary/aromatic N) is 2. The molecule has 1 aliphatic heterocycles. The summed E-state index contributed by atoms with van der Waals surface area (Å²) in [5.41, 5.74) is 0.819. The zero-order chi connectivity index (χ0) is 18.9. The van der Waals surface area contributed by atoms with Gasteiger partial charge in [-0.05, 0) is 43.1 Å². The number of thiophene rings is 1. The molecule has 10 heteroatoms. The molecular formula is C16H21N3O4S3. The molecule has 1 aromatic heterocycles. The van der Waals surface area contributed by atoms with Gasteiger partial charge in [0.2, 0.25) is 10.0 Å². The summed E-state index contributed by atoms with van der Waals surface area (Å²) >= 11 is 1.10. The number of hydrogen-bond acceptors (Lipinski definition) is 6. The molecule has 26 heavy (non-hydrogen) atoms. The molecule has 0 bridgehead atoms. The first-order chi connectivity index (χ1) is 12.2. The largest absolute Gasteiger partial charge is 0.304 e. The van der Waals surface area contributed by atoms with Crippen molar-refractivity contribution in [2.45, 2.75) is 16.0 Å². The van der Waals surface area contributed by atoms with Crippen molar-refractivity contribution in [1.29, 1.82) is 0 Å². The quantitative estimate of drug-likeness (QED) is 0.805. The fraction of sp³-hybridized carbons (Fsp3) is 0.375. The molecule has 1 aliphatic rings. The smallest absolute Gasteiger partial charge is 0.271 e. The van der Waals surface area contributed by atoms with Gasteiger partial charge in [0.25, 0.3) is 10.0 Å². The Kier molecular flexibility index (Phi) is 5.40. The number of hydrogen-bond donors (Lipinski definition) is 1. The summed E-state index contributed by atoms with van der Waals surface area (Å²) in [6, 6.07) is 7.74. The third kappa shape index (κ3) is 3.94. The summed E-state index contributed by atoms with van der Waals surface area (Å²) in [5, 5.41) is 1.67. The first-order valence-corrected chi connectivity index (χ1v) is 11.9. The summed E-state index contributed by atoms with van der Waals surface area (Å²) in [7, 11) is -5.44. The minimum atomic E-state index is -3.72. The predicted octanol–water partition coefficient (Wildman–Crippen LogP) is 1.79. The number of rotatable bonds is 5. The highest BCUT2D eigenvalue weighted by atomic mass is 32.2. The van der Waals surface area contributed by atoms with Crippen LogP contribution in [0.1, 0.15) is 5.56 Å². The number of aryl methyl sites for hydroxylation is 1. The van der Waals surface area contributed by atoms with Crippen molar-refractivity contribution in [3.8, 4) is 0 Å². The molecule has 0 saturated carbocycles. The highest BCUT2D eigenvalue weighted by molar-refractivity contribution is 7.94. The molecule has 2 heterocycles. The summed E-state index contributed by atoms with van der Waals surface area (Å²) in [4.78, 5) is 2.21. The maximum atomic E-state index is 13.0. The summed E-state index contributed by atoms with van der Waals surface area (Å²) in [5.74, 6) is 0. The molecule has 0 unspecified atom stereocenters. The highest BCUT2D eigenvalue weighted by Gasteiger charge is 2.29. The lowest BCUT2D eigenvalue weighted by molar-refractivity contribution is 0.222. The molecule has 3 rings (SSSR count). The molecule has 0 spiro atoms. The summed E-state index contributed by atoms with van der Waals surface area (Å²) in [6.07, 6.45) is 0. The van der Waals surface area contributed by atoms with Gasteiger partial charge < -0.3 is 4.90 Å². The fourth-order valence-corrected chi connectivity index (χ4v) is 6.45. The maximum Gasteiger partial charge on any atom is 0.271 e. The summed E-state index contributed by atoms with van der Waals surface area (Å²) < 4.78 is 54.8. The van der Waals surface area contributed by atoms with Crippen molar-refractivity contribution < 1.29 is 16.8 Å². The second-order valence-corrected chi connectivity index (χ2v) is 11.0. The van der Waals surface area contributed by atoms with E-state index >= 15 is 0 Å². The van der Waals surface area contributed by atoms with Crippen LogP contribution >= 0.6 is 11.3 Å². The highest BCUT2D eigenvalue weighted by Crippen LogP contribution is 2.26. The Morgan fingerprint density at radius 1 is 1.04 bits per heavy atom. The lowest BCUT2D eigenvalue weighted by atomic mass is 10.2. The monoisotopic (exact) mass is 415 g/mol. The van der Waals surface area contributed by atoms with E-state index in [1.807, 2.05) is 7.05 Å². The van der Waals surface area contributed by atoms with Crippen LogP contribution in [-0.2, 0) is 20.0 Å². The molecule has 2 aromatic rings. The van der Waals surface area contributed by atoms with Crippen LogP contribution in [0.4, 0.5) is 5.69 Å². The van der Waals surface area contributed by atoms with E-state index in [0.29, 0.717) is 31.7 Å². The number of nitrogens with one attached hydrogen (secondary N) is 1. The Morgan fingerprint density at radius 3 is 2.35 bits per heavy atom. The van der Waals surface area contributed by atoms with Crippen molar-refractivity contribution >= 4 is 37.1 Å². The third-order valence-electron chi connectivity index (χ3n) is 4.28. The van der Waals surface area contributed by atoms with Crippen LogP contribution in [-0.4, -0.2) is 59.3 Å². The van der Waals surface area contributed by atoms with Crippen LogP contribution in [0.25, 0.3) is 0 Å². The van der Waals surface area contributed by atoms with Gasteiger partial charge in [-0.2, -0.15) is 4.31 Å². The van der Waals surface area contributed by atoms with E-state index in [2.05, 4.69) is 9.62 Å². The Labute approximate surface area is 158 Å². The molecule has 1 fully saturated rings. The van der Waals surface area contributed by atoms with Gasteiger partial charge in [-0.15, -0.1) is 11.3 Å². The Bertz CT molecular complexity index is 978. The zero-order valence-corrected chi connectivity index (χ0v) is 17.0. The van der Waals surface area contributed by atoms with Crippen LogP contribution in [0, 0.1) is 6.92 Å². The van der Waals surface area contributed by atoms with Crippen LogP contribution in [0.5, 0.6) is 0 Å². The van der Waals surface area contributed by atoms with Gasteiger partial charge >= 0.3 is 0 Å². The van der Waals surface area contributed by atoms with Crippen molar-refractivity contribution in [3.05, 3.63) is 41.3 Å². The Morgan fingerprint density at radius 2 is 1.73 bits per heavy atom. The average Bonchev–Trinajstić information content (AvgIpc) is 3.12. The molecule has 1 saturated heterocycles. The molecule has 0 amide bonds. The molecule has 7 nitrogen and oxygen atoms in total. The SMILES string of the molecule is Cc1ccc(NS(=O)(=O)c2cccs2)cc1S(=O)(=O)N1CCN(C)CC1. The topological polar surface area (TPSA) is 86.8 Å². The number of anilines is 1. The van der Waals surface area contributed by atoms with Gasteiger partial charge in [-0.3, -0.25) is 4.72 Å². The van der Waals surface area contributed by atoms with E-state index in [4.69, 9.17) is 0 Å². The standard InChI is InChI=1S/C16H21N3O4S3/c1-13-5-6-14(17-25(20,21)16-4-3-11-24-16)12-15(13)26(22,23)19-9-7-18(2)8-10-19/h3-6,11-12,17H,7-10H2,1-2H3. The normalized spacial score (nSPS) is 17.3. The zero-order valence-electron chi connectivity index (χ0n) is 14.5. The lowest BCUT2D eigenvalue weighted by Crippen LogP contribution is -2.47. The number of benzene rings is 1. The van der Waals surface area contributed by atoms with Gasteiger partial charge in [0.05, 0.1) is 10.6 Å². The van der Waals surface area contributed by atoms with Crippen LogP contribution in [0.3, 0.4) is 0 Å². The van der Waals surface area contributed by atoms with Gasteiger partial charge in [0.1, 0.15) is 4.21 Å². The van der Waals surface area contributed by atoms with Gasteiger partial charge in [0.15, 0.2) is 0 Å². The van der Waals surface area contributed by atoms with Crippen molar-refractivity contribution in [3.63, 3.8) is 0 Å². The van der Waals surface area contributed by atoms with Crippen LogP contribution in [0.15, 0.2) is 44.8 Å². The second kappa shape index (κ2) is 7.28. The second-order valence-electron chi connectivity index (χ2n) is 6.23. The number of sulfonamides is 2. The first-order valence-electron chi connectivity index (χ1n) is 8.06. The minimum absolute atomic E-state index is 0.133. The molecular weight excluding hydrogens is 394 g/mol. The van der Waals surface area contributed by atoms with Crippen molar-refractivity contribution in [1.82, 2.24) is 9.21 Å². The van der Waals surface area contributed by atoms with Gasteiger partial charge in [0, 0.05) is 26.2 Å². The third-order valence-corrected chi connectivity index (χ3v) is 9.10. The fourth-order valence-electron chi connectivity index (χ4n) is 2.73. The van der Waals surface area contributed by atoms with Crippen molar-refractivity contribution in [2.75, 3.05) is 37.9 Å². The van der Waals surface area contributed by atoms with Crippen molar-refractivity contribution in [2.24, 2.45) is 0 Å². The molecule has 1 N–H and O–H groups in total. The number of piperazine rings is 1. The van der Waals surface area contributed by atoms with E-state index < -0.39 is 20.0 Å². The average molecular weight is 416 g/mol. The van der Waals surface area contributed by atoms with E-state index in [1.165, 1.54) is 16.4 Å². The molecule has 142 valence electrons. The van der Waals surface area contributed by atoms with Crippen LogP contribution < -0.4 is 4.72 Å². The van der Waals surface area contributed by atoms with Crippen LogP contribution in [0.2, 0.25) is 0 Å². The molecule has 0 atom stereocenters. The van der Waals surface area contributed by atoms with E-state index in [9.17, 15) is 16.8 Å². The Balaban J connectivity index is 1.91. The van der Waals surface area contributed by atoms with E-state index in [0.717, 1.165) is 11.3 Å². The van der Waals surface area contributed by atoms with Gasteiger partial charge in [-0.25, -0.2) is 16.8 Å². The van der Waals surface area contributed by atoms with Gasteiger partial charge in [-0.1, -0.05) is 12.1 Å². The molecule has 1 aromatic carbocycles. The lowest BCUT2D eigenvalue weighted by Gasteiger charge is -2.32. The Hall–Kier alpha value is -1.46. The predicted molar refractivity (Wildman–Crippen MR) is 103 cm³/mol.